The Balaban J connectivity index is 0.00000169. The van der Waals surface area contributed by atoms with Gasteiger partial charge in [0.25, 0.3) is 5.91 Å². The van der Waals surface area contributed by atoms with E-state index in [2.05, 4.69) is 27.8 Å². The van der Waals surface area contributed by atoms with E-state index in [1.165, 1.54) is 11.1 Å². The molecule has 0 bridgehead atoms. The number of nitrogens with one attached hydrogen (secondary N) is 3. The molecule has 2 aromatic carbocycles. The van der Waals surface area contributed by atoms with E-state index in [1.54, 1.807) is 0 Å². The number of rotatable bonds is 3. The fourth-order valence-electron chi connectivity index (χ4n) is 3.53. The van der Waals surface area contributed by atoms with E-state index in [9.17, 15) is 4.79 Å². The lowest BCUT2D eigenvalue weighted by molar-refractivity contribution is 0.0926. The summed E-state index contributed by atoms with van der Waals surface area (Å²) in [4.78, 5) is 15.8. The number of amides is 1. The largest absolute Gasteiger partial charge is 0.351 e. The molecule has 4 rings (SSSR count). The number of hydrogen-bond donors (Lipinski definition) is 3. The van der Waals surface area contributed by atoms with Crippen LogP contribution in [0.5, 0.6) is 0 Å². The minimum Gasteiger partial charge on any atom is -0.351 e. The fraction of sp³-hybridized carbons (Fsp3) is 0.211. The topological polar surface area (TPSA) is 56.9 Å². The normalized spacial score (nSPS) is 18.9. The van der Waals surface area contributed by atoms with E-state index in [0.717, 1.165) is 17.3 Å². The summed E-state index contributed by atoms with van der Waals surface area (Å²) in [7, 11) is 1.94. The zero-order valence-corrected chi connectivity index (χ0v) is 14.2. The number of carbonyl (C=O) groups excluding carboxylic acids is 1. The first-order valence-corrected chi connectivity index (χ1v) is 7.90. The zero-order chi connectivity index (χ0) is 15.8. The number of likely N-dealkylation sites (N-methyl/N-ethyl adjacent to an activating group) is 1. The standard InChI is InChI=1S/C19H19N3O.ClH/c1-20-18-14-8-4-2-6-12(14)10-16(18)22-19(23)17-11-13-7-3-5-9-15(13)21-17;/h2-9,11,16,18,20-21H,10H2,1H3,(H,22,23);1H/t16-,18+;/m1./s1. The number of carbonyl (C=O) groups is 1. The van der Waals surface area contributed by atoms with Gasteiger partial charge in [-0.3, -0.25) is 4.79 Å². The van der Waals surface area contributed by atoms with Crippen LogP contribution in [0.4, 0.5) is 0 Å². The number of aromatic amines is 1. The van der Waals surface area contributed by atoms with Crippen molar-refractivity contribution in [1.29, 1.82) is 0 Å². The van der Waals surface area contributed by atoms with Crippen LogP contribution in [0, 0.1) is 0 Å². The number of aromatic nitrogens is 1. The van der Waals surface area contributed by atoms with Crippen molar-refractivity contribution in [2.45, 2.75) is 18.5 Å². The molecule has 124 valence electrons. The summed E-state index contributed by atoms with van der Waals surface area (Å²) < 4.78 is 0. The van der Waals surface area contributed by atoms with Crippen LogP contribution in [-0.2, 0) is 6.42 Å². The van der Waals surface area contributed by atoms with Gasteiger partial charge in [0.1, 0.15) is 5.69 Å². The van der Waals surface area contributed by atoms with Crippen molar-refractivity contribution < 1.29 is 4.79 Å². The van der Waals surface area contributed by atoms with Crippen LogP contribution in [0.25, 0.3) is 10.9 Å². The summed E-state index contributed by atoms with van der Waals surface area (Å²) in [5.74, 6) is -0.0562. The van der Waals surface area contributed by atoms with Crippen LogP contribution in [0.15, 0.2) is 54.6 Å². The Kier molecular flexibility index (Phi) is 4.60. The molecule has 1 aromatic heterocycles. The van der Waals surface area contributed by atoms with E-state index >= 15 is 0 Å². The van der Waals surface area contributed by atoms with E-state index in [0.29, 0.717) is 5.69 Å². The molecule has 4 nitrogen and oxygen atoms in total. The molecule has 3 N–H and O–H groups in total. The van der Waals surface area contributed by atoms with Crippen LogP contribution in [-0.4, -0.2) is 24.0 Å². The fourth-order valence-corrected chi connectivity index (χ4v) is 3.53. The highest BCUT2D eigenvalue weighted by atomic mass is 35.5. The average Bonchev–Trinajstić information content (AvgIpc) is 3.15. The van der Waals surface area contributed by atoms with Gasteiger partial charge in [0.15, 0.2) is 0 Å². The highest BCUT2D eigenvalue weighted by Crippen LogP contribution is 2.31. The van der Waals surface area contributed by atoms with Gasteiger partial charge in [0.05, 0.1) is 12.1 Å². The van der Waals surface area contributed by atoms with Gasteiger partial charge in [-0.2, -0.15) is 0 Å². The van der Waals surface area contributed by atoms with Crippen molar-refractivity contribution in [2.24, 2.45) is 0 Å². The summed E-state index contributed by atoms with van der Waals surface area (Å²) >= 11 is 0. The van der Waals surface area contributed by atoms with Crippen molar-refractivity contribution in [3.63, 3.8) is 0 Å². The lowest BCUT2D eigenvalue weighted by atomic mass is 10.1. The van der Waals surface area contributed by atoms with E-state index < -0.39 is 0 Å². The third-order valence-corrected chi connectivity index (χ3v) is 4.63. The molecule has 1 heterocycles. The summed E-state index contributed by atoms with van der Waals surface area (Å²) in [6.07, 6.45) is 0.855. The third-order valence-electron chi connectivity index (χ3n) is 4.63. The molecule has 24 heavy (non-hydrogen) atoms. The Hall–Kier alpha value is -2.30. The number of benzene rings is 2. The predicted molar refractivity (Wildman–Crippen MR) is 98.7 cm³/mol. The van der Waals surface area contributed by atoms with Gasteiger partial charge >= 0.3 is 0 Å². The van der Waals surface area contributed by atoms with Crippen molar-refractivity contribution in [1.82, 2.24) is 15.6 Å². The van der Waals surface area contributed by atoms with Gasteiger partial charge in [-0.25, -0.2) is 0 Å². The number of para-hydroxylation sites is 1. The summed E-state index contributed by atoms with van der Waals surface area (Å²) in [5.41, 5.74) is 4.17. The minimum absolute atomic E-state index is 0. The Morgan fingerprint density at radius 2 is 1.88 bits per heavy atom. The number of fused-ring (bicyclic) bond motifs is 2. The first kappa shape index (κ1) is 16.6. The zero-order valence-electron chi connectivity index (χ0n) is 13.4. The lowest BCUT2D eigenvalue weighted by Gasteiger charge is -2.21. The highest BCUT2D eigenvalue weighted by Gasteiger charge is 2.32. The van der Waals surface area contributed by atoms with Crippen LogP contribution in [0.1, 0.15) is 27.7 Å². The van der Waals surface area contributed by atoms with Gasteiger partial charge in [0, 0.05) is 10.9 Å². The maximum absolute atomic E-state index is 12.6. The molecule has 5 heteroatoms. The molecular formula is C19H20ClN3O. The maximum atomic E-state index is 12.6. The lowest BCUT2D eigenvalue weighted by Crippen LogP contribution is -2.41. The molecule has 2 atom stereocenters. The third kappa shape index (κ3) is 2.79. The first-order valence-electron chi connectivity index (χ1n) is 7.90. The average molecular weight is 342 g/mol. The van der Waals surface area contributed by atoms with Crippen LogP contribution in [0.2, 0.25) is 0 Å². The molecule has 0 spiro atoms. The van der Waals surface area contributed by atoms with Crippen molar-refractivity contribution in [3.05, 3.63) is 71.4 Å². The van der Waals surface area contributed by atoms with E-state index in [-0.39, 0.29) is 30.4 Å². The van der Waals surface area contributed by atoms with Crippen molar-refractivity contribution in [2.75, 3.05) is 7.05 Å². The van der Waals surface area contributed by atoms with Gasteiger partial charge in [-0.1, -0.05) is 42.5 Å². The van der Waals surface area contributed by atoms with Gasteiger partial charge in [0.2, 0.25) is 0 Å². The molecule has 0 saturated heterocycles. The molecular weight excluding hydrogens is 322 g/mol. The molecule has 3 aromatic rings. The SMILES string of the molecule is CN[C@H]1c2ccccc2C[C@H]1NC(=O)c1cc2ccccc2[nH]1.Cl. The quantitative estimate of drug-likeness (QED) is 0.685. The van der Waals surface area contributed by atoms with Gasteiger partial charge < -0.3 is 15.6 Å². The summed E-state index contributed by atoms with van der Waals surface area (Å²) in [6.45, 7) is 0. The van der Waals surface area contributed by atoms with Crippen LogP contribution < -0.4 is 10.6 Å². The van der Waals surface area contributed by atoms with Crippen LogP contribution in [0.3, 0.4) is 0 Å². The maximum Gasteiger partial charge on any atom is 0.268 e. The molecule has 0 radical (unpaired) electrons. The second-order valence-electron chi connectivity index (χ2n) is 6.02. The molecule has 0 saturated carbocycles. The van der Waals surface area contributed by atoms with Gasteiger partial charge in [-0.05, 0) is 36.7 Å². The van der Waals surface area contributed by atoms with Crippen LogP contribution >= 0.6 is 12.4 Å². The Bertz CT molecular complexity index is 841. The minimum atomic E-state index is -0.0562. The monoisotopic (exact) mass is 341 g/mol. The number of halogens is 1. The van der Waals surface area contributed by atoms with E-state index in [4.69, 9.17) is 0 Å². The highest BCUT2D eigenvalue weighted by molar-refractivity contribution is 5.98. The first-order chi connectivity index (χ1) is 11.3. The van der Waals surface area contributed by atoms with Crippen molar-refractivity contribution in [3.8, 4) is 0 Å². The van der Waals surface area contributed by atoms with Crippen molar-refractivity contribution >= 4 is 29.2 Å². The molecule has 0 aliphatic heterocycles. The molecule has 1 aliphatic rings. The molecule has 0 unspecified atom stereocenters. The second kappa shape index (κ2) is 6.67. The summed E-state index contributed by atoms with van der Waals surface area (Å²) in [6, 6.07) is 18.4. The Labute approximate surface area is 147 Å². The van der Waals surface area contributed by atoms with E-state index in [1.807, 2.05) is 49.5 Å². The summed E-state index contributed by atoms with van der Waals surface area (Å²) in [5, 5.41) is 7.55. The van der Waals surface area contributed by atoms with Gasteiger partial charge in [-0.15, -0.1) is 12.4 Å². The smallest absolute Gasteiger partial charge is 0.268 e. The number of H-pyrrole nitrogens is 1. The molecule has 1 aliphatic carbocycles. The molecule has 0 fully saturated rings. The molecule has 1 amide bonds. The Morgan fingerprint density at radius 3 is 2.67 bits per heavy atom. The predicted octanol–water partition coefficient (Wildman–Crippen LogP) is 3.20. The Morgan fingerprint density at radius 1 is 1.12 bits per heavy atom. The number of hydrogen-bond acceptors (Lipinski definition) is 2. The second-order valence-corrected chi connectivity index (χ2v) is 6.02.